The summed E-state index contributed by atoms with van der Waals surface area (Å²) in [5.41, 5.74) is 4.34. The number of nitro benzene ring substituents is 1. The quantitative estimate of drug-likeness (QED) is 0.127. The average molecular weight is 451 g/mol. The summed E-state index contributed by atoms with van der Waals surface area (Å²) < 4.78 is 1.59. The molecule has 0 aliphatic heterocycles. The number of hydrogen-bond acceptors (Lipinski definition) is 5. The van der Waals surface area contributed by atoms with Crippen LogP contribution in [0, 0.1) is 30.9 Å². The largest absolute Gasteiger partial charge is 0.502 e. The fraction of sp³-hybridized carbons (Fsp3) is 0.167. The number of benzene rings is 2. The lowest BCUT2D eigenvalue weighted by molar-refractivity contribution is -0.576. The number of anilines is 1. The van der Waals surface area contributed by atoms with Gasteiger partial charge in [-0.05, 0) is 50.1 Å². The van der Waals surface area contributed by atoms with Crippen LogP contribution in [0.3, 0.4) is 0 Å². The number of aryl methyl sites for hydroxylation is 3. The van der Waals surface area contributed by atoms with E-state index in [1.165, 1.54) is 6.07 Å². The van der Waals surface area contributed by atoms with Crippen molar-refractivity contribution in [2.45, 2.75) is 27.4 Å². The molecule has 0 amide bonds. The molecule has 0 fully saturated rings. The van der Waals surface area contributed by atoms with Crippen LogP contribution in [0.4, 0.5) is 11.4 Å². The third-order valence-corrected chi connectivity index (χ3v) is 5.20. The predicted octanol–water partition coefficient (Wildman–Crippen LogP) is 4.62. The Bertz CT molecular complexity index is 1220. The summed E-state index contributed by atoms with van der Waals surface area (Å²) in [4.78, 5) is 11.1. The molecule has 0 spiro atoms. The first kappa shape index (κ1) is 23.1. The molecule has 1 heterocycles. The van der Waals surface area contributed by atoms with E-state index in [0.717, 1.165) is 16.8 Å². The number of hydrogen-bond donors (Lipinski definition) is 3. The van der Waals surface area contributed by atoms with Gasteiger partial charge >= 0.3 is 0 Å². The molecule has 164 valence electrons. The first-order valence-corrected chi connectivity index (χ1v) is 10.3. The fourth-order valence-electron chi connectivity index (χ4n) is 3.43. The van der Waals surface area contributed by atoms with Crippen molar-refractivity contribution >= 4 is 40.0 Å². The highest BCUT2D eigenvalue weighted by Gasteiger charge is 2.26. The Morgan fingerprint density at radius 1 is 1.12 bits per heavy atom. The molecule has 0 saturated heterocycles. The summed E-state index contributed by atoms with van der Waals surface area (Å²) in [5.74, 6) is -0.227. The summed E-state index contributed by atoms with van der Waals surface area (Å²) in [6.07, 6.45) is 3.33. The maximum Gasteiger partial charge on any atom is 0.288 e. The third kappa shape index (κ3) is 5.16. The minimum Gasteiger partial charge on any atom is -0.502 e. The van der Waals surface area contributed by atoms with Gasteiger partial charge in [0, 0.05) is 34.5 Å². The summed E-state index contributed by atoms with van der Waals surface area (Å²) in [7, 11) is 0. The normalized spacial score (nSPS) is 11.6. The summed E-state index contributed by atoms with van der Waals surface area (Å²) in [6.45, 7) is 5.39. The molecule has 8 heteroatoms. The molecule has 32 heavy (non-hydrogen) atoms. The first-order valence-electron chi connectivity index (χ1n) is 9.89. The van der Waals surface area contributed by atoms with Gasteiger partial charge in [-0.15, -0.1) is 0 Å². The molecule has 1 aromatic heterocycles. The van der Waals surface area contributed by atoms with E-state index in [9.17, 15) is 20.3 Å². The van der Waals surface area contributed by atoms with Gasteiger partial charge in [0.25, 0.3) is 11.4 Å². The van der Waals surface area contributed by atoms with Gasteiger partial charge in [-0.25, -0.2) is 0 Å². The number of nitrogens with zero attached hydrogens (tertiary/aromatic N) is 2. The van der Waals surface area contributed by atoms with Gasteiger partial charge in [0.1, 0.15) is 0 Å². The van der Waals surface area contributed by atoms with Crippen molar-refractivity contribution < 1.29 is 19.7 Å². The standard InChI is InChI=1S/C24H23N3O4S/c1-15-9-16(2)11-20(10-15)25-24(32)22(26-8-4-5-18(13-26)14-28)23(29)19-7-6-17(3)21(12-19)27(30)31/h4-13,28H,14H2,1-3H3,(H-,25,29,32)/p+1. The van der Waals surface area contributed by atoms with E-state index in [1.54, 1.807) is 48.1 Å². The molecule has 3 N–H and O–H groups in total. The lowest BCUT2D eigenvalue weighted by Gasteiger charge is -2.12. The number of aliphatic hydroxyl groups is 2. The summed E-state index contributed by atoms with van der Waals surface area (Å²) in [5, 5.41) is 35.3. The van der Waals surface area contributed by atoms with Crippen LogP contribution in [0.1, 0.15) is 27.8 Å². The zero-order valence-corrected chi connectivity index (χ0v) is 18.8. The highest BCUT2D eigenvalue weighted by molar-refractivity contribution is 7.81. The number of aliphatic hydroxyl groups excluding tert-OH is 2. The van der Waals surface area contributed by atoms with Gasteiger partial charge in [-0.3, -0.25) is 10.1 Å². The van der Waals surface area contributed by atoms with Crippen molar-refractivity contribution in [3.8, 4) is 0 Å². The maximum absolute atomic E-state index is 11.4. The van der Waals surface area contributed by atoms with Crippen LogP contribution in [0.25, 0.3) is 11.5 Å². The molecule has 0 atom stereocenters. The lowest BCUT2D eigenvalue weighted by Crippen LogP contribution is -2.39. The topological polar surface area (TPSA) is 99.5 Å². The van der Waals surface area contributed by atoms with E-state index in [-0.39, 0.29) is 34.3 Å². The molecule has 0 radical (unpaired) electrons. The molecule has 7 nitrogen and oxygen atoms in total. The van der Waals surface area contributed by atoms with Crippen LogP contribution in [-0.2, 0) is 6.61 Å². The second-order valence-electron chi connectivity index (χ2n) is 7.56. The number of nitrogens with one attached hydrogen (secondary N) is 1. The molecule has 3 aromatic rings. The minimum absolute atomic E-state index is 0.101. The van der Waals surface area contributed by atoms with E-state index >= 15 is 0 Å². The smallest absolute Gasteiger partial charge is 0.288 e. The highest BCUT2D eigenvalue weighted by atomic mass is 32.1. The maximum atomic E-state index is 11.4. The van der Waals surface area contributed by atoms with Crippen molar-refractivity contribution in [2.24, 2.45) is 0 Å². The van der Waals surface area contributed by atoms with E-state index in [2.05, 4.69) is 5.32 Å². The van der Waals surface area contributed by atoms with Crippen LogP contribution in [0.5, 0.6) is 0 Å². The second-order valence-corrected chi connectivity index (χ2v) is 7.97. The van der Waals surface area contributed by atoms with Crippen LogP contribution in [-0.4, -0.2) is 20.1 Å². The van der Waals surface area contributed by atoms with Gasteiger partial charge in [0.05, 0.1) is 11.5 Å². The Balaban J connectivity index is 2.16. The van der Waals surface area contributed by atoms with Gasteiger partial charge in [0.15, 0.2) is 23.1 Å². The van der Waals surface area contributed by atoms with E-state index in [0.29, 0.717) is 11.1 Å². The van der Waals surface area contributed by atoms with Crippen molar-refractivity contribution in [3.63, 3.8) is 0 Å². The number of nitro groups is 1. The Morgan fingerprint density at radius 2 is 1.81 bits per heavy atom. The Hall–Kier alpha value is -3.62. The zero-order valence-electron chi connectivity index (χ0n) is 18.0. The van der Waals surface area contributed by atoms with Crippen LogP contribution >= 0.6 is 12.2 Å². The predicted molar refractivity (Wildman–Crippen MR) is 128 cm³/mol. The molecule has 0 saturated carbocycles. The van der Waals surface area contributed by atoms with Crippen LogP contribution in [0.2, 0.25) is 0 Å². The summed E-state index contributed by atoms with van der Waals surface area (Å²) in [6, 6.07) is 13.9. The Kier molecular flexibility index (Phi) is 6.97. The van der Waals surface area contributed by atoms with Crippen LogP contribution in [0.15, 0.2) is 60.9 Å². The molecule has 0 aliphatic rings. The average Bonchev–Trinajstić information content (AvgIpc) is 2.73. The summed E-state index contributed by atoms with van der Waals surface area (Å²) >= 11 is 5.65. The van der Waals surface area contributed by atoms with Crippen molar-refractivity contribution in [1.82, 2.24) is 0 Å². The highest BCUT2D eigenvalue weighted by Crippen LogP contribution is 2.26. The van der Waals surface area contributed by atoms with E-state index in [4.69, 9.17) is 12.2 Å². The number of aromatic nitrogens is 1. The van der Waals surface area contributed by atoms with Gasteiger partial charge in [-0.2, -0.15) is 4.57 Å². The van der Waals surface area contributed by atoms with Gasteiger partial charge < -0.3 is 15.5 Å². The van der Waals surface area contributed by atoms with Gasteiger partial charge in [-0.1, -0.05) is 30.4 Å². The SMILES string of the molecule is Cc1cc(C)cc(NC(=S)/C(=C(\O)c2ccc(C)c([N+](=O)[O-])c2)[n+]2cccc(CO)c2)c1. The number of pyridine rings is 1. The molecule has 0 bridgehead atoms. The third-order valence-electron chi connectivity index (χ3n) is 4.90. The molecule has 2 aromatic carbocycles. The van der Waals surface area contributed by atoms with E-state index < -0.39 is 4.92 Å². The molecular weight excluding hydrogens is 426 g/mol. The lowest BCUT2D eigenvalue weighted by atomic mass is 10.1. The molecule has 0 aliphatic carbocycles. The number of rotatable bonds is 6. The van der Waals surface area contributed by atoms with Crippen LogP contribution < -0.4 is 9.88 Å². The van der Waals surface area contributed by atoms with Crippen molar-refractivity contribution in [1.29, 1.82) is 0 Å². The fourth-order valence-corrected chi connectivity index (χ4v) is 3.75. The zero-order chi connectivity index (χ0) is 23.4. The van der Waals surface area contributed by atoms with Crippen molar-refractivity contribution in [3.05, 3.63) is 98.9 Å². The number of thiocarbonyl (C=S) groups is 1. The molecule has 3 rings (SSSR count). The molecular formula is C24H24N3O4S+. The van der Waals surface area contributed by atoms with E-state index in [1.807, 2.05) is 32.0 Å². The Morgan fingerprint density at radius 3 is 2.44 bits per heavy atom. The van der Waals surface area contributed by atoms with Gasteiger partial charge in [0.2, 0.25) is 0 Å². The Labute approximate surface area is 191 Å². The minimum atomic E-state index is -0.489. The molecule has 0 unspecified atom stereocenters. The van der Waals surface area contributed by atoms with Crippen molar-refractivity contribution in [2.75, 3.05) is 5.32 Å². The monoisotopic (exact) mass is 450 g/mol. The second kappa shape index (κ2) is 9.67. The first-order chi connectivity index (χ1) is 15.2.